The molecule has 0 saturated heterocycles. The van der Waals surface area contributed by atoms with Crippen LogP contribution in [0.3, 0.4) is 0 Å². The van der Waals surface area contributed by atoms with E-state index in [-0.39, 0.29) is 12.1 Å². The summed E-state index contributed by atoms with van der Waals surface area (Å²) in [5.41, 5.74) is 9.14. The van der Waals surface area contributed by atoms with Crippen LogP contribution in [0.2, 0.25) is 5.02 Å². The quantitative estimate of drug-likeness (QED) is 0.927. The van der Waals surface area contributed by atoms with Crippen LogP contribution in [0, 0.1) is 6.92 Å². The fraction of sp³-hybridized carbons (Fsp3) is 0.385. The van der Waals surface area contributed by atoms with Gasteiger partial charge in [-0.25, -0.2) is 0 Å². The Morgan fingerprint density at radius 1 is 1.28 bits per heavy atom. The van der Waals surface area contributed by atoms with Crippen molar-refractivity contribution in [1.82, 2.24) is 14.8 Å². The number of nitrogens with two attached hydrogens (primary N) is 1. The number of pyridine rings is 1. The topological polar surface area (TPSA) is 56.7 Å². The van der Waals surface area contributed by atoms with Crippen LogP contribution in [0.4, 0.5) is 0 Å². The first-order valence-electron chi connectivity index (χ1n) is 5.90. The van der Waals surface area contributed by atoms with Crippen molar-refractivity contribution in [2.45, 2.75) is 32.9 Å². The molecule has 0 saturated carbocycles. The van der Waals surface area contributed by atoms with E-state index in [2.05, 4.69) is 10.1 Å². The Morgan fingerprint density at radius 2 is 2.00 bits per heavy atom. The van der Waals surface area contributed by atoms with E-state index in [4.69, 9.17) is 17.3 Å². The summed E-state index contributed by atoms with van der Waals surface area (Å²) >= 11 is 6.19. The SMILES string of the molecule is Cc1cncc(C(N)c2c(Cl)cnn2C(C)C)c1. The molecule has 0 aliphatic heterocycles. The Kier molecular flexibility index (Phi) is 3.68. The zero-order valence-electron chi connectivity index (χ0n) is 10.8. The molecule has 2 N–H and O–H groups in total. The van der Waals surface area contributed by atoms with E-state index in [1.807, 2.05) is 31.5 Å². The lowest BCUT2D eigenvalue weighted by molar-refractivity contribution is 0.499. The normalized spacial score (nSPS) is 13.0. The molecular weight excluding hydrogens is 248 g/mol. The van der Waals surface area contributed by atoms with Gasteiger partial charge in [0.1, 0.15) is 0 Å². The van der Waals surface area contributed by atoms with Crippen LogP contribution in [0.25, 0.3) is 0 Å². The lowest BCUT2D eigenvalue weighted by atomic mass is 10.1. The predicted octanol–water partition coefficient (Wildman–Crippen LogP) is 2.87. The van der Waals surface area contributed by atoms with Gasteiger partial charge in [0, 0.05) is 18.4 Å². The molecule has 0 radical (unpaired) electrons. The summed E-state index contributed by atoms with van der Waals surface area (Å²) in [5.74, 6) is 0. The van der Waals surface area contributed by atoms with Gasteiger partial charge in [-0.15, -0.1) is 0 Å². The molecule has 1 atom stereocenters. The Balaban J connectivity index is 2.45. The van der Waals surface area contributed by atoms with E-state index in [1.165, 1.54) is 0 Å². The maximum absolute atomic E-state index is 6.28. The molecule has 2 aromatic rings. The van der Waals surface area contributed by atoms with Crippen molar-refractivity contribution in [3.63, 3.8) is 0 Å². The fourth-order valence-corrected chi connectivity index (χ4v) is 2.21. The molecular formula is C13H17ClN4. The summed E-state index contributed by atoms with van der Waals surface area (Å²) in [6, 6.07) is 1.93. The Hall–Kier alpha value is -1.39. The third kappa shape index (κ3) is 2.40. The van der Waals surface area contributed by atoms with E-state index in [9.17, 15) is 0 Å². The molecule has 18 heavy (non-hydrogen) atoms. The molecule has 2 heterocycles. The number of aryl methyl sites for hydroxylation is 1. The monoisotopic (exact) mass is 264 g/mol. The van der Waals surface area contributed by atoms with Crippen LogP contribution < -0.4 is 5.73 Å². The van der Waals surface area contributed by atoms with Gasteiger partial charge in [-0.1, -0.05) is 17.7 Å². The molecule has 5 heteroatoms. The molecule has 1 unspecified atom stereocenters. The molecule has 2 aromatic heterocycles. The summed E-state index contributed by atoms with van der Waals surface area (Å²) in [6.45, 7) is 6.09. The third-order valence-corrected chi connectivity index (χ3v) is 3.12. The minimum Gasteiger partial charge on any atom is -0.319 e. The number of halogens is 1. The zero-order valence-corrected chi connectivity index (χ0v) is 11.5. The van der Waals surface area contributed by atoms with Crippen molar-refractivity contribution in [2.24, 2.45) is 5.73 Å². The minimum absolute atomic E-state index is 0.219. The molecule has 4 nitrogen and oxygen atoms in total. The Morgan fingerprint density at radius 3 is 2.61 bits per heavy atom. The summed E-state index contributed by atoms with van der Waals surface area (Å²) < 4.78 is 1.86. The van der Waals surface area contributed by atoms with Gasteiger partial charge in [0.25, 0.3) is 0 Å². The second-order valence-corrected chi connectivity index (χ2v) is 5.10. The van der Waals surface area contributed by atoms with Crippen LogP contribution in [-0.2, 0) is 0 Å². The molecule has 0 spiro atoms. The van der Waals surface area contributed by atoms with E-state index < -0.39 is 0 Å². The number of hydrogen-bond donors (Lipinski definition) is 1. The van der Waals surface area contributed by atoms with E-state index in [0.717, 1.165) is 16.8 Å². The summed E-state index contributed by atoms with van der Waals surface area (Å²) in [5, 5.41) is 4.86. The van der Waals surface area contributed by atoms with Crippen molar-refractivity contribution in [3.8, 4) is 0 Å². The van der Waals surface area contributed by atoms with Crippen LogP contribution in [0.5, 0.6) is 0 Å². The highest BCUT2D eigenvalue weighted by Gasteiger charge is 2.20. The minimum atomic E-state index is -0.310. The van der Waals surface area contributed by atoms with Crippen molar-refractivity contribution in [1.29, 1.82) is 0 Å². The smallest absolute Gasteiger partial charge is 0.0837 e. The lowest BCUT2D eigenvalue weighted by Gasteiger charge is -2.17. The molecule has 2 rings (SSSR count). The van der Waals surface area contributed by atoms with Crippen LogP contribution in [0.1, 0.15) is 42.8 Å². The average Bonchev–Trinajstić information content (AvgIpc) is 2.70. The fourth-order valence-electron chi connectivity index (χ4n) is 1.96. The second kappa shape index (κ2) is 5.08. The maximum Gasteiger partial charge on any atom is 0.0837 e. The van der Waals surface area contributed by atoms with Crippen molar-refractivity contribution in [2.75, 3.05) is 0 Å². The number of nitrogens with zero attached hydrogens (tertiary/aromatic N) is 3. The van der Waals surface area contributed by atoms with Crippen LogP contribution in [0.15, 0.2) is 24.7 Å². The van der Waals surface area contributed by atoms with Gasteiger partial charge < -0.3 is 5.73 Å². The largest absolute Gasteiger partial charge is 0.319 e. The highest BCUT2D eigenvalue weighted by molar-refractivity contribution is 6.31. The van der Waals surface area contributed by atoms with Crippen LogP contribution >= 0.6 is 11.6 Å². The van der Waals surface area contributed by atoms with Gasteiger partial charge in [0.2, 0.25) is 0 Å². The van der Waals surface area contributed by atoms with E-state index >= 15 is 0 Å². The first kappa shape index (κ1) is 13.1. The van der Waals surface area contributed by atoms with Gasteiger partial charge >= 0.3 is 0 Å². The highest BCUT2D eigenvalue weighted by atomic mass is 35.5. The summed E-state index contributed by atoms with van der Waals surface area (Å²) in [7, 11) is 0. The molecule has 0 aliphatic carbocycles. The van der Waals surface area contributed by atoms with Gasteiger partial charge in [-0.05, 0) is 31.9 Å². The van der Waals surface area contributed by atoms with Crippen molar-refractivity contribution in [3.05, 3.63) is 46.5 Å². The van der Waals surface area contributed by atoms with E-state index in [0.29, 0.717) is 5.02 Å². The van der Waals surface area contributed by atoms with Crippen LogP contribution in [-0.4, -0.2) is 14.8 Å². The van der Waals surface area contributed by atoms with Gasteiger partial charge in [-0.3, -0.25) is 9.67 Å². The van der Waals surface area contributed by atoms with Gasteiger partial charge in [0.15, 0.2) is 0 Å². The third-order valence-electron chi connectivity index (χ3n) is 2.83. The number of hydrogen-bond acceptors (Lipinski definition) is 3. The molecule has 0 bridgehead atoms. The molecule has 0 aliphatic rings. The molecule has 0 fully saturated rings. The summed E-state index contributed by atoms with van der Waals surface area (Å²) in [4.78, 5) is 4.17. The van der Waals surface area contributed by atoms with Crippen molar-refractivity contribution >= 4 is 11.6 Å². The second-order valence-electron chi connectivity index (χ2n) is 4.69. The molecule has 96 valence electrons. The average molecular weight is 265 g/mol. The highest BCUT2D eigenvalue weighted by Crippen LogP contribution is 2.28. The van der Waals surface area contributed by atoms with Crippen molar-refractivity contribution < 1.29 is 0 Å². The van der Waals surface area contributed by atoms with Gasteiger partial charge in [0.05, 0.1) is 23.0 Å². The zero-order chi connectivity index (χ0) is 13.3. The number of aromatic nitrogens is 3. The first-order chi connectivity index (χ1) is 8.50. The Bertz CT molecular complexity index is 548. The standard InChI is InChI=1S/C13H17ClN4/c1-8(2)18-13(11(14)7-17-18)12(15)10-4-9(3)5-16-6-10/h4-8,12H,15H2,1-3H3. The van der Waals surface area contributed by atoms with E-state index in [1.54, 1.807) is 18.6 Å². The lowest BCUT2D eigenvalue weighted by Crippen LogP contribution is -2.19. The Labute approximate surface area is 112 Å². The first-order valence-corrected chi connectivity index (χ1v) is 6.28. The van der Waals surface area contributed by atoms with Gasteiger partial charge in [-0.2, -0.15) is 5.10 Å². The molecule has 0 aromatic carbocycles. The number of rotatable bonds is 3. The predicted molar refractivity (Wildman–Crippen MR) is 72.6 cm³/mol. The molecule has 0 amide bonds. The summed E-state index contributed by atoms with van der Waals surface area (Å²) in [6.07, 6.45) is 5.21. The maximum atomic E-state index is 6.28.